The predicted molar refractivity (Wildman–Crippen MR) is 92.9 cm³/mol. The zero-order valence-electron chi connectivity index (χ0n) is 14.5. The van der Waals surface area contributed by atoms with E-state index in [4.69, 9.17) is 5.26 Å². The average molecular weight is 427 g/mol. The number of nitro groups is 1. The molecule has 152 valence electrons. The van der Waals surface area contributed by atoms with E-state index < -0.39 is 43.0 Å². The molecule has 2 aromatic rings. The molecule has 1 fully saturated rings. The van der Waals surface area contributed by atoms with Crippen LogP contribution >= 0.6 is 0 Å². The highest BCUT2D eigenvalue weighted by atomic mass is 32.2. The smallest absolute Gasteiger partial charge is 0.305 e. The van der Waals surface area contributed by atoms with Crippen LogP contribution in [0, 0.1) is 38.9 Å². The molecule has 13 heteroatoms. The van der Waals surface area contributed by atoms with Crippen molar-refractivity contribution in [3.8, 4) is 6.07 Å². The van der Waals surface area contributed by atoms with Crippen molar-refractivity contribution >= 4 is 21.5 Å². The maximum Gasteiger partial charge on any atom is 0.305 e. The number of hydrogen-bond acceptors (Lipinski definition) is 7. The number of pyridine rings is 1. The van der Waals surface area contributed by atoms with Gasteiger partial charge in [-0.2, -0.15) is 9.57 Å². The minimum absolute atomic E-state index is 0.0835. The third-order valence-corrected chi connectivity index (χ3v) is 6.26. The van der Waals surface area contributed by atoms with E-state index in [1.165, 1.54) is 6.07 Å². The van der Waals surface area contributed by atoms with Crippen LogP contribution in [0.15, 0.2) is 29.2 Å². The van der Waals surface area contributed by atoms with Gasteiger partial charge in [-0.3, -0.25) is 10.1 Å². The minimum atomic E-state index is -4.41. The molecule has 3 rings (SSSR count). The molecule has 2 heterocycles. The number of rotatable bonds is 4. The highest BCUT2D eigenvalue weighted by Gasteiger charge is 2.33. The Hall–Kier alpha value is -3.24. The zero-order valence-corrected chi connectivity index (χ0v) is 15.4. The van der Waals surface area contributed by atoms with Crippen LogP contribution < -0.4 is 4.90 Å². The summed E-state index contributed by atoms with van der Waals surface area (Å²) in [6.45, 7) is -0.0803. The lowest BCUT2D eigenvalue weighted by molar-refractivity contribution is -0.385. The molecule has 0 N–H and O–H groups in total. The van der Waals surface area contributed by atoms with E-state index in [1.54, 1.807) is 11.0 Å². The van der Waals surface area contributed by atoms with Crippen molar-refractivity contribution in [3.63, 3.8) is 0 Å². The second-order valence-corrected chi connectivity index (χ2v) is 7.88. The Morgan fingerprint density at radius 2 is 1.72 bits per heavy atom. The van der Waals surface area contributed by atoms with Crippen LogP contribution in [-0.2, 0) is 10.0 Å². The van der Waals surface area contributed by atoms with Crippen LogP contribution in [0.4, 0.5) is 24.7 Å². The summed E-state index contributed by atoms with van der Waals surface area (Å²) < 4.78 is 66.5. The first kappa shape index (κ1) is 20.5. The van der Waals surface area contributed by atoms with Gasteiger partial charge >= 0.3 is 5.69 Å². The first-order chi connectivity index (χ1) is 13.7. The molecule has 0 radical (unpaired) electrons. The monoisotopic (exact) mass is 427 g/mol. The second kappa shape index (κ2) is 7.64. The van der Waals surface area contributed by atoms with Gasteiger partial charge in [0.2, 0.25) is 15.7 Å². The minimum Gasteiger partial charge on any atom is -0.354 e. The molecule has 1 aromatic heterocycles. The molecular formula is C16H12F3N5O4S. The molecule has 0 spiro atoms. The number of nitrogens with zero attached hydrogens (tertiary/aromatic N) is 5. The van der Waals surface area contributed by atoms with E-state index in [2.05, 4.69) is 4.98 Å². The van der Waals surface area contributed by atoms with Crippen LogP contribution in [-0.4, -0.2) is 48.8 Å². The van der Waals surface area contributed by atoms with Gasteiger partial charge in [0, 0.05) is 32.2 Å². The molecule has 0 bridgehead atoms. The standard InChI is InChI=1S/C16H12F3N5O4S/c17-10-1-3-13(16(19)15(10)18)29(27,28)23-7-5-22(6-8-23)14-4-2-12(24(25)26)11(9-20)21-14/h1-4H,5-8H2. The van der Waals surface area contributed by atoms with Gasteiger partial charge in [0.25, 0.3) is 0 Å². The molecule has 1 saturated heterocycles. The number of nitriles is 1. The molecule has 0 amide bonds. The van der Waals surface area contributed by atoms with Crippen molar-refractivity contribution in [2.75, 3.05) is 31.1 Å². The fourth-order valence-electron chi connectivity index (χ4n) is 2.85. The maximum atomic E-state index is 13.9. The van der Waals surface area contributed by atoms with Gasteiger partial charge in [0.15, 0.2) is 17.5 Å². The summed E-state index contributed by atoms with van der Waals surface area (Å²) in [6, 6.07) is 5.28. The van der Waals surface area contributed by atoms with E-state index in [0.717, 1.165) is 10.4 Å². The second-order valence-electron chi connectivity index (χ2n) is 5.97. The van der Waals surface area contributed by atoms with Crippen molar-refractivity contribution in [1.82, 2.24) is 9.29 Å². The fraction of sp³-hybridized carbons (Fsp3) is 0.250. The summed E-state index contributed by atoms with van der Waals surface area (Å²) in [6.07, 6.45) is 0. The van der Waals surface area contributed by atoms with Gasteiger partial charge in [0.1, 0.15) is 16.8 Å². The summed E-state index contributed by atoms with van der Waals surface area (Å²) in [5, 5.41) is 19.9. The van der Waals surface area contributed by atoms with E-state index in [1.807, 2.05) is 0 Å². The highest BCUT2D eigenvalue weighted by molar-refractivity contribution is 7.89. The Morgan fingerprint density at radius 3 is 2.31 bits per heavy atom. The zero-order chi connectivity index (χ0) is 21.3. The van der Waals surface area contributed by atoms with E-state index in [9.17, 15) is 31.7 Å². The van der Waals surface area contributed by atoms with Crippen molar-refractivity contribution in [1.29, 1.82) is 5.26 Å². The largest absolute Gasteiger partial charge is 0.354 e. The summed E-state index contributed by atoms with van der Waals surface area (Å²) in [5.41, 5.74) is -0.835. The number of benzene rings is 1. The molecule has 0 atom stereocenters. The van der Waals surface area contributed by atoms with Crippen LogP contribution in [0.25, 0.3) is 0 Å². The summed E-state index contributed by atoms with van der Waals surface area (Å²) in [5.74, 6) is -4.92. The average Bonchev–Trinajstić information content (AvgIpc) is 2.71. The van der Waals surface area contributed by atoms with E-state index >= 15 is 0 Å². The number of anilines is 1. The van der Waals surface area contributed by atoms with Crippen molar-refractivity contribution in [2.24, 2.45) is 0 Å². The molecule has 1 aromatic carbocycles. The number of piperazine rings is 1. The third kappa shape index (κ3) is 3.71. The number of hydrogen-bond donors (Lipinski definition) is 0. The Morgan fingerprint density at radius 1 is 1.07 bits per heavy atom. The summed E-state index contributed by atoms with van der Waals surface area (Å²) in [7, 11) is -4.41. The van der Waals surface area contributed by atoms with Crippen LogP contribution in [0.3, 0.4) is 0 Å². The molecule has 1 aliphatic rings. The number of sulfonamides is 1. The predicted octanol–water partition coefficient (Wildman–Crippen LogP) is 1.79. The van der Waals surface area contributed by atoms with Gasteiger partial charge in [-0.25, -0.2) is 26.6 Å². The highest BCUT2D eigenvalue weighted by Crippen LogP contribution is 2.26. The summed E-state index contributed by atoms with van der Waals surface area (Å²) >= 11 is 0. The van der Waals surface area contributed by atoms with Gasteiger partial charge in [-0.1, -0.05) is 0 Å². The Balaban J connectivity index is 1.80. The molecule has 1 aliphatic heterocycles. The van der Waals surface area contributed by atoms with Gasteiger partial charge in [-0.15, -0.1) is 0 Å². The van der Waals surface area contributed by atoms with Gasteiger partial charge in [0.05, 0.1) is 4.92 Å². The fourth-order valence-corrected chi connectivity index (χ4v) is 4.33. The molecular weight excluding hydrogens is 415 g/mol. The molecule has 0 unspecified atom stereocenters. The Bertz CT molecular complexity index is 1130. The lowest BCUT2D eigenvalue weighted by atomic mass is 10.3. The third-order valence-electron chi connectivity index (χ3n) is 4.34. The first-order valence-electron chi connectivity index (χ1n) is 8.11. The molecule has 0 saturated carbocycles. The molecule has 0 aliphatic carbocycles. The van der Waals surface area contributed by atoms with Crippen LogP contribution in [0.1, 0.15) is 5.69 Å². The first-order valence-corrected chi connectivity index (χ1v) is 9.55. The van der Waals surface area contributed by atoms with Crippen molar-refractivity contribution in [3.05, 3.63) is 57.5 Å². The number of halogens is 3. The van der Waals surface area contributed by atoms with Gasteiger partial charge in [-0.05, 0) is 18.2 Å². The topological polar surface area (TPSA) is 120 Å². The molecule has 29 heavy (non-hydrogen) atoms. The van der Waals surface area contributed by atoms with Crippen molar-refractivity contribution < 1.29 is 26.5 Å². The quantitative estimate of drug-likeness (QED) is 0.414. The normalized spacial score (nSPS) is 15.2. The van der Waals surface area contributed by atoms with E-state index in [0.29, 0.717) is 12.1 Å². The van der Waals surface area contributed by atoms with Crippen LogP contribution in [0.5, 0.6) is 0 Å². The summed E-state index contributed by atoms with van der Waals surface area (Å²) in [4.78, 5) is 14.7. The lowest BCUT2D eigenvalue weighted by Crippen LogP contribution is -2.49. The Kier molecular flexibility index (Phi) is 5.40. The maximum absolute atomic E-state index is 13.9. The Labute approximate surface area is 162 Å². The lowest BCUT2D eigenvalue weighted by Gasteiger charge is -2.34. The number of aromatic nitrogens is 1. The van der Waals surface area contributed by atoms with Gasteiger partial charge < -0.3 is 4.90 Å². The van der Waals surface area contributed by atoms with Crippen molar-refractivity contribution in [2.45, 2.75) is 4.90 Å². The molecule has 9 nitrogen and oxygen atoms in total. The SMILES string of the molecule is N#Cc1nc(N2CCN(S(=O)(=O)c3ccc(F)c(F)c3F)CC2)ccc1[N+](=O)[O-]. The van der Waals surface area contributed by atoms with E-state index in [-0.39, 0.29) is 37.7 Å². The van der Waals surface area contributed by atoms with Crippen LogP contribution in [0.2, 0.25) is 0 Å².